The third-order valence-corrected chi connectivity index (χ3v) is 3.36. The standard InChI is InChI=1S/C13H15N5O2/c1-17-7-8-18-12(14-15-16-18)11(17)13(19)20-9-10-5-3-2-4-6-10/h2-6,11H,7-9H2,1H3/t11-/m0/s1. The predicted molar refractivity (Wildman–Crippen MR) is 69.4 cm³/mol. The Morgan fingerprint density at radius 1 is 1.35 bits per heavy atom. The van der Waals surface area contributed by atoms with Crippen LogP contribution in [0.5, 0.6) is 0 Å². The molecule has 0 aliphatic carbocycles. The number of tetrazole rings is 1. The first kappa shape index (κ1) is 12.7. The van der Waals surface area contributed by atoms with E-state index in [0.29, 0.717) is 18.9 Å². The van der Waals surface area contributed by atoms with Crippen molar-refractivity contribution in [2.45, 2.75) is 19.2 Å². The Hall–Kier alpha value is -2.28. The zero-order valence-electron chi connectivity index (χ0n) is 11.1. The SMILES string of the molecule is CN1CCn2nnnc2[C@H]1C(=O)OCc1ccccc1. The molecule has 7 heteroatoms. The van der Waals surface area contributed by atoms with Gasteiger partial charge in [0, 0.05) is 6.54 Å². The van der Waals surface area contributed by atoms with E-state index < -0.39 is 6.04 Å². The molecule has 3 rings (SSSR count). The van der Waals surface area contributed by atoms with Crippen molar-refractivity contribution in [1.29, 1.82) is 0 Å². The van der Waals surface area contributed by atoms with Crippen molar-refractivity contribution >= 4 is 5.97 Å². The highest BCUT2D eigenvalue weighted by molar-refractivity contribution is 5.76. The van der Waals surface area contributed by atoms with Crippen LogP contribution in [0.3, 0.4) is 0 Å². The fourth-order valence-corrected chi connectivity index (χ4v) is 2.24. The molecule has 1 aromatic heterocycles. The van der Waals surface area contributed by atoms with E-state index in [1.54, 1.807) is 4.68 Å². The number of hydrogen-bond acceptors (Lipinski definition) is 6. The zero-order chi connectivity index (χ0) is 13.9. The van der Waals surface area contributed by atoms with E-state index in [1.165, 1.54) is 0 Å². The lowest BCUT2D eigenvalue weighted by Crippen LogP contribution is -2.40. The highest BCUT2D eigenvalue weighted by Crippen LogP contribution is 2.22. The van der Waals surface area contributed by atoms with Gasteiger partial charge in [0.25, 0.3) is 0 Å². The lowest BCUT2D eigenvalue weighted by molar-refractivity contribution is -0.152. The second kappa shape index (κ2) is 5.38. The molecule has 1 aromatic carbocycles. The van der Waals surface area contributed by atoms with Crippen molar-refractivity contribution in [2.24, 2.45) is 0 Å². The Kier molecular flexibility index (Phi) is 3.42. The van der Waals surface area contributed by atoms with Crippen LogP contribution in [0, 0.1) is 0 Å². The summed E-state index contributed by atoms with van der Waals surface area (Å²) in [4.78, 5) is 14.2. The Morgan fingerprint density at radius 2 is 2.15 bits per heavy atom. The summed E-state index contributed by atoms with van der Waals surface area (Å²) >= 11 is 0. The van der Waals surface area contributed by atoms with Crippen LogP contribution >= 0.6 is 0 Å². The quantitative estimate of drug-likeness (QED) is 0.754. The molecule has 0 fully saturated rings. The molecule has 0 spiro atoms. The molecule has 20 heavy (non-hydrogen) atoms. The van der Waals surface area contributed by atoms with Gasteiger partial charge in [-0.15, -0.1) is 5.10 Å². The summed E-state index contributed by atoms with van der Waals surface area (Å²) in [5.41, 5.74) is 0.957. The van der Waals surface area contributed by atoms with E-state index in [0.717, 1.165) is 5.56 Å². The van der Waals surface area contributed by atoms with E-state index >= 15 is 0 Å². The minimum Gasteiger partial charge on any atom is -0.459 e. The molecule has 104 valence electrons. The number of likely N-dealkylation sites (N-methyl/N-ethyl adjacent to an activating group) is 1. The lowest BCUT2D eigenvalue weighted by atomic mass is 10.2. The molecule has 2 aromatic rings. The predicted octanol–water partition coefficient (Wildman–Crippen LogP) is 0.403. The van der Waals surface area contributed by atoms with Crippen LogP contribution in [0.1, 0.15) is 17.4 Å². The van der Waals surface area contributed by atoms with Gasteiger partial charge in [0.05, 0.1) is 6.54 Å². The van der Waals surface area contributed by atoms with Crippen LogP contribution in [-0.2, 0) is 22.7 Å². The molecule has 0 saturated heterocycles. The highest BCUT2D eigenvalue weighted by atomic mass is 16.5. The highest BCUT2D eigenvalue weighted by Gasteiger charge is 2.35. The summed E-state index contributed by atoms with van der Waals surface area (Å²) in [7, 11) is 1.87. The number of hydrogen-bond donors (Lipinski definition) is 0. The van der Waals surface area contributed by atoms with E-state index in [1.807, 2.05) is 42.3 Å². The van der Waals surface area contributed by atoms with Gasteiger partial charge in [0.1, 0.15) is 6.61 Å². The largest absolute Gasteiger partial charge is 0.459 e. The monoisotopic (exact) mass is 273 g/mol. The summed E-state index contributed by atoms with van der Waals surface area (Å²) in [6.07, 6.45) is 0. The molecule has 0 N–H and O–H groups in total. The van der Waals surface area contributed by atoms with Crippen LogP contribution in [0.4, 0.5) is 0 Å². The van der Waals surface area contributed by atoms with E-state index in [4.69, 9.17) is 4.74 Å². The smallest absolute Gasteiger partial charge is 0.331 e. The Balaban J connectivity index is 1.71. The van der Waals surface area contributed by atoms with Crippen LogP contribution in [-0.4, -0.2) is 44.7 Å². The normalized spacial score (nSPS) is 18.6. The molecule has 7 nitrogen and oxygen atoms in total. The van der Waals surface area contributed by atoms with E-state index in [2.05, 4.69) is 15.5 Å². The second-order valence-electron chi connectivity index (χ2n) is 4.74. The molecule has 1 atom stereocenters. The Morgan fingerprint density at radius 3 is 2.95 bits per heavy atom. The molecule has 0 radical (unpaired) electrons. The van der Waals surface area contributed by atoms with Gasteiger partial charge in [-0.05, 0) is 23.0 Å². The van der Waals surface area contributed by atoms with Gasteiger partial charge in [-0.25, -0.2) is 9.48 Å². The molecule has 0 unspecified atom stereocenters. The summed E-state index contributed by atoms with van der Waals surface area (Å²) in [6, 6.07) is 9.05. The summed E-state index contributed by atoms with van der Waals surface area (Å²) in [6.45, 7) is 1.65. The van der Waals surface area contributed by atoms with Gasteiger partial charge in [0.15, 0.2) is 11.9 Å². The number of esters is 1. The van der Waals surface area contributed by atoms with E-state index in [-0.39, 0.29) is 12.6 Å². The fraction of sp³-hybridized carbons (Fsp3) is 0.385. The average Bonchev–Trinajstić information content (AvgIpc) is 2.94. The van der Waals surface area contributed by atoms with Crippen LogP contribution in [0.25, 0.3) is 0 Å². The first-order valence-electron chi connectivity index (χ1n) is 6.42. The number of benzene rings is 1. The van der Waals surface area contributed by atoms with Gasteiger partial charge in [0.2, 0.25) is 0 Å². The van der Waals surface area contributed by atoms with Gasteiger partial charge < -0.3 is 4.74 Å². The second-order valence-corrected chi connectivity index (χ2v) is 4.74. The number of ether oxygens (including phenoxy) is 1. The minimum atomic E-state index is -0.539. The van der Waals surface area contributed by atoms with Crippen molar-refractivity contribution in [3.8, 4) is 0 Å². The minimum absolute atomic E-state index is 0.256. The van der Waals surface area contributed by atoms with Crippen molar-refractivity contribution in [2.75, 3.05) is 13.6 Å². The van der Waals surface area contributed by atoms with Gasteiger partial charge in [-0.1, -0.05) is 30.3 Å². The van der Waals surface area contributed by atoms with Gasteiger partial charge >= 0.3 is 5.97 Å². The van der Waals surface area contributed by atoms with Crippen LogP contribution < -0.4 is 0 Å². The topological polar surface area (TPSA) is 73.1 Å². The number of aromatic nitrogens is 4. The van der Waals surface area contributed by atoms with E-state index in [9.17, 15) is 4.79 Å². The average molecular weight is 273 g/mol. The van der Waals surface area contributed by atoms with Crippen molar-refractivity contribution < 1.29 is 9.53 Å². The maximum absolute atomic E-state index is 12.3. The van der Waals surface area contributed by atoms with Crippen molar-refractivity contribution in [3.63, 3.8) is 0 Å². The fourth-order valence-electron chi connectivity index (χ4n) is 2.24. The Bertz CT molecular complexity index is 598. The number of nitrogens with zero attached hydrogens (tertiary/aromatic N) is 5. The summed E-state index contributed by atoms with van der Waals surface area (Å²) < 4.78 is 7.02. The van der Waals surface area contributed by atoms with Crippen LogP contribution in [0.2, 0.25) is 0 Å². The lowest BCUT2D eigenvalue weighted by Gasteiger charge is -2.29. The molecule has 0 bridgehead atoms. The van der Waals surface area contributed by atoms with Crippen molar-refractivity contribution in [3.05, 3.63) is 41.7 Å². The molecule has 1 aliphatic rings. The number of carbonyl (C=O) groups is 1. The number of rotatable bonds is 3. The maximum Gasteiger partial charge on any atom is 0.331 e. The third-order valence-electron chi connectivity index (χ3n) is 3.36. The Labute approximate surface area is 116 Å². The van der Waals surface area contributed by atoms with Gasteiger partial charge in [-0.2, -0.15) is 0 Å². The first-order valence-corrected chi connectivity index (χ1v) is 6.42. The number of fused-ring (bicyclic) bond motifs is 1. The molecule has 0 amide bonds. The molecular formula is C13H15N5O2. The molecular weight excluding hydrogens is 258 g/mol. The maximum atomic E-state index is 12.3. The zero-order valence-corrected chi connectivity index (χ0v) is 11.1. The number of carbonyl (C=O) groups excluding carboxylic acids is 1. The van der Waals surface area contributed by atoms with Gasteiger partial charge in [-0.3, -0.25) is 4.90 Å². The van der Waals surface area contributed by atoms with Crippen molar-refractivity contribution in [1.82, 2.24) is 25.1 Å². The molecule has 1 aliphatic heterocycles. The first-order chi connectivity index (χ1) is 9.75. The summed E-state index contributed by atoms with van der Waals surface area (Å²) in [5, 5.41) is 11.4. The van der Waals surface area contributed by atoms with Crippen LogP contribution in [0.15, 0.2) is 30.3 Å². The summed E-state index contributed by atoms with van der Waals surface area (Å²) in [5.74, 6) is 0.212. The molecule has 2 heterocycles. The molecule has 0 saturated carbocycles. The third kappa shape index (κ3) is 2.39.